The number of fused-ring (bicyclic) bond motifs is 2. The van der Waals surface area contributed by atoms with Crippen molar-refractivity contribution in [3.63, 3.8) is 0 Å². The van der Waals surface area contributed by atoms with Gasteiger partial charge in [0.25, 0.3) is 0 Å². The van der Waals surface area contributed by atoms with Gasteiger partial charge >= 0.3 is 0 Å². The predicted molar refractivity (Wildman–Crippen MR) is 105 cm³/mol. The molecule has 7 heteroatoms. The average molecular weight is 456 g/mol. The maximum absolute atomic E-state index is 13.7. The number of nitrogens with one attached hydrogen (secondary N) is 1. The minimum Gasteiger partial charge on any atom is -0.359 e. The largest absolute Gasteiger partial charge is 0.359 e. The van der Waals surface area contributed by atoms with Crippen LogP contribution < -0.4 is 5.32 Å². The standard InChI is InChI=1S/C21H27BrFNO4/c1-12-7-8-16-20(3,22)17(24-14-6-4-5-13(23)11-14)25-18-21(16)15(12)9-10-19(2,26-18)27-28-21/h4-6,11-12,15-18,24H,7-10H2,1-3H3/t12-,15+,16+,17+,18-,19-,20+,21-/m1/s1. The number of ether oxygens (including phenoxy) is 2. The molecule has 0 radical (unpaired) electrons. The number of anilines is 1. The molecule has 1 aromatic rings. The Hall–Kier alpha value is -0.730. The van der Waals surface area contributed by atoms with E-state index in [1.807, 2.05) is 13.0 Å². The van der Waals surface area contributed by atoms with E-state index in [0.717, 1.165) is 25.7 Å². The van der Waals surface area contributed by atoms with E-state index in [0.29, 0.717) is 17.5 Å². The van der Waals surface area contributed by atoms with Crippen LogP contribution in [-0.4, -0.2) is 28.2 Å². The highest BCUT2D eigenvalue weighted by molar-refractivity contribution is 9.10. The lowest BCUT2D eigenvalue weighted by Gasteiger charge is -2.62. The molecule has 4 heterocycles. The molecule has 1 saturated carbocycles. The van der Waals surface area contributed by atoms with Crippen LogP contribution in [0, 0.1) is 23.6 Å². The summed E-state index contributed by atoms with van der Waals surface area (Å²) in [4.78, 5) is 12.0. The Morgan fingerprint density at radius 3 is 2.79 bits per heavy atom. The first kappa shape index (κ1) is 19.2. The van der Waals surface area contributed by atoms with Crippen LogP contribution in [0.1, 0.15) is 46.5 Å². The smallest absolute Gasteiger partial charge is 0.201 e. The molecule has 6 rings (SSSR count). The van der Waals surface area contributed by atoms with Gasteiger partial charge in [0.2, 0.25) is 5.79 Å². The fourth-order valence-corrected chi connectivity index (χ4v) is 6.60. The lowest BCUT2D eigenvalue weighted by molar-refractivity contribution is -0.568. The summed E-state index contributed by atoms with van der Waals surface area (Å²) in [6.45, 7) is 6.32. The van der Waals surface area contributed by atoms with E-state index in [1.54, 1.807) is 6.07 Å². The molecule has 1 N–H and O–H groups in total. The van der Waals surface area contributed by atoms with E-state index in [9.17, 15) is 4.39 Å². The number of hydrogen-bond acceptors (Lipinski definition) is 5. The van der Waals surface area contributed by atoms with Gasteiger partial charge in [0.1, 0.15) is 12.0 Å². The summed E-state index contributed by atoms with van der Waals surface area (Å²) in [5.41, 5.74) is 0.0287. The molecule has 1 spiro atoms. The van der Waals surface area contributed by atoms with Crippen LogP contribution in [0.4, 0.5) is 10.1 Å². The van der Waals surface area contributed by atoms with E-state index in [2.05, 4.69) is 35.1 Å². The number of hydrogen-bond donors (Lipinski definition) is 1. The molecule has 4 aliphatic heterocycles. The third-order valence-corrected chi connectivity index (χ3v) is 8.26. The van der Waals surface area contributed by atoms with Crippen molar-refractivity contribution in [3.8, 4) is 0 Å². The summed E-state index contributed by atoms with van der Waals surface area (Å²) in [6, 6.07) is 6.44. The number of benzene rings is 1. The minimum absolute atomic E-state index is 0.119. The zero-order valence-corrected chi connectivity index (χ0v) is 18.0. The molecule has 5 nitrogen and oxygen atoms in total. The summed E-state index contributed by atoms with van der Waals surface area (Å²) in [6.07, 6.45) is 2.91. The Balaban J connectivity index is 1.54. The molecule has 28 heavy (non-hydrogen) atoms. The van der Waals surface area contributed by atoms with Crippen molar-refractivity contribution in [2.24, 2.45) is 17.8 Å². The number of rotatable bonds is 2. The average Bonchev–Trinajstić information content (AvgIpc) is 2.86. The quantitative estimate of drug-likeness (QED) is 0.504. The Morgan fingerprint density at radius 2 is 2.00 bits per heavy atom. The Kier molecular flexibility index (Phi) is 4.39. The maximum Gasteiger partial charge on any atom is 0.201 e. The van der Waals surface area contributed by atoms with Gasteiger partial charge in [0, 0.05) is 18.0 Å². The fourth-order valence-electron chi connectivity index (χ4n) is 5.79. The highest BCUT2D eigenvalue weighted by Gasteiger charge is 2.72. The normalized spacial score (nSPS) is 50.0. The third-order valence-electron chi connectivity index (χ3n) is 7.29. The molecule has 154 valence electrons. The predicted octanol–water partition coefficient (Wildman–Crippen LogP) is 4.96. The van der Waals surface area contributed by atoms with Gasteiger partial charge in [0.05, 0.1) is 4.32 Å². The van der Waals surface area contributed by atoms with Crippen LogP contribution in [0.15, 0.2) is 24.3 Å². The zero-order chi connectivity index (χ0) is 19.7. The minimum atomic E-state index is -0.805. The second-order valence-electron chi connectivity index (χ2n) is 9.18. The zero-order valence-electron chi connectivity index (χ0n) is 16.4. The van der Waals surface area contributed by atoms with Crippen LogP contribution in [0.5, 0.6) is 0 Å². The van der Waals surface area contributed by atoms with E-state index in [-0.39, 0.29) is 11.7 Å². The Bertz CT molecular complexity index is 779. The molecule has 2 bridgehead atoms. The molecular formula is C21H27BrFNO4. The molecule has 5 fully saturated rings. The topological polar surface area (TPSA) is 49.0 Å². The van der Waals surface area contributed by atoms with E-state index in [4.69, 9.17) is 19.2 Å². The van der Waals surface area contributed by atoms with Crippen molar-refractivity contribution in [2.45, 2.75) is 74.7 Å². The number of halogens is 2. The molecule has 0 unspecified atom stereocenters. The van der Waals surface area contributed by atoms with E-state index < -0.39 is 28.2 Å². The summed E-state index contributed by atoms with van der Waals surface area (Å²) < 4.78 is 26.1. The molecule has 4 saturated heterocycles. The van der Waals surface area contributed by atoms with Gasteiger partial charge in [0.15, 0.2) is 11.9 Å². The van der Waals surface area contributed by atoms with Crippen molar-refractivity contribution in [2.75, 3.05) is 5.32 Å². The first-order chi connectivity index (χ1) is 13.2. The first-order valence-electron chi connectivity index (χ1n) is 10.2. The van der Waals surface area contributed by atoms with Gasteiger partial charge < -0.3 is 14.8 Å². The molecule has 5 aliphatic rings. The second-order valence-corrected chi connectivity index (χ2v) is 10.9. The van der Waals surface area contributed by atoms with Crippen LogP contribution >= 0.6 is 15.9 Å². The second kappa shape index (κ2) is 6.38. The van der Waals surface area contributed by atoms with Gasteiger partial charge in [-0.25, -0.2) is 14.2 Å². The van der Waals surface area contributed by atoms with E-state index in [1.165, 1.54) is 12.1 Å². The Morgan fingerprint density at radius 1 is 1.18 bits per heavy atom. The van der Waals surface area contributed by atoms with Crippen LogP contribution in [-0.2, 0) is 19.2 Å². The number of alkyl halides is 1. The Labute approximate surface area is 173 Å². The van der Waals surface area contributed by atoms with Crippen LogP contribution in [0.2, 0.25) is 0 Å². The monoisotopic (exact) mass is 455 g/mol. The summed E-state index contributed by atoms with van der Waals surface area (Å²) >= 11 is 3.96. The van der Waals surface area contributed by atoms with Crippen LogP contribution in [0.3, 0.4) is 0 Å². The summed E-state index contributed by atoms with van der Waals surface area (Å²) in [5.74, 6) is -0.164. The lowest BCUT2D eigenvalue weighted by atomic mass is 9.58. The van der Waals surface area contributed by atoms with Gasteiger partial charge in [-0.1, -0.05) is 28.9 Å². The molecule has 0 amide bonds. The summed E-state index contributed by atoms with van der Waals surface area (Å²) in [7, 11) is 0. The first-order valence-corrected chi connectivity index (χ1v) is 10.9. The maximum atomic E-state index is 13.7. The van der Waals surface area contributed by atoms with Gasteiger partial charge in [-0.3, -0.25) is 0 Å². The summed E-state index contributed by atoms with van der Waals surface area (Å²) in [5, 5.41) is 3.36. The van der Waals surface area contributed by atoms with E-state index >= 15 is 0 Å². The lowest BCUT2D eigenvalue weighted by Crippen LogP contribution is -2.74. The molecule has 0 aromatic heterocycles. The van der Waals surface area contributed by atoms with Crippen molar-refractivity contribution < 1.29 is 23.6 Å². The molecule has 1 aromatic carbocycles. The third kappa shape index (κ3) is 2.70. The molecular weight excluding hydrogens is 429 g/mol. The fraction of sp³-hybridized carbons (Fsp3) is 0.714. The van der Waals surface area contributed by atoms with Crippen LogP contribution in [0.25, 0.3) is 0 Å². The highest BCUT2D eigenvalue weighted by Crippen LogP contribution is 2.63. The van der Waals surface area contributed by atoms with Crippen molar-refractivity contribution >= 4 is 21.6 Å². The SMILES string of the molecule is C[C@@H]1CC[C@H]2[C@](C)(Br)[C@@H](Nc3cccc(F)c3)O[C@@H]3O[C@@]4(C)CC[C@@H]1[C@]32OO4. The van der Waals surface area contributed by atoms with Gasteiger partial charge in [-0.2, -0.15) is 0 Å². The van der Waals surface area contributed by atoms with Gasteiger partial charge in [-0.05, 0) is 63.1 Å². The van der Waals surface area contributed by atoms with Gasteiger partial charge in [-0.15, -0.1) is 0 Å². The van der Waals surface area contributed by atoms with Crippen molar-refractivity contribution in [3.05, 3.63) is 30.1 Å². The molecule has 8 atom stereocenters. The van der Waals surface area contributed by atoms with Crippen molar-refractivity contribution in [1.82, 2.24) is 0 Å². The molecule has 1 aliphatic carbocycles. The van der Waals surface area contributed by atoms with Crippen molar-refractivity contribution in [1.29, 1.82) is 0 Å². The highest BCUT2D eigenvalue weighted by atomic mass is 79.9.